The van der Waals surface area contributed by atoms with Crippen molar-refractivity contribution in [2.75, 3.05) is 33.7 Å². The molecular weight excluding hydrogens is 360 g/mol. The summed E-state index contributed by atoms with van der Waals surface area (Å²) in [5.41, 5.74) is 9.19. The second-order valence-electron chi connectivity index (χ2n) is 7.69. The molecule has 6 heteroatoms. The largest absolute Gasteiger partial charge is 0.338 e. The first-order valence-electron chi connectivity index (χ1n) is 9.54. The van der Waals surface area contributed by atoms with E-state index in [0.29, 0.717) is 19.5 Å². The fourth-order valence-electron chi connectivity index (χ4n) is 3.69. The van der Waals surface area contributed by atoms with Crippen LogP contribution in [-0.4, -0.2) is 61.7 Å². The minimum atomic E-state index is -0.960. The summed E-state index contributed by atoms with van der Waals surface area (Å²) in [6, 6.07) is 13.4. The van der Waals surface area contributed by atoms with Crippen LogP contribution in [0, 0.1) is 5.82 Å². The van der Waals surface area contributed by atoms with E-state index in [4.69, 9.17) is 5.73 Å². The van der Waals surface area contributed by atoms with E-state index in [2.05, 4.69) is 0 Å². The van der Waals surface area contributed by atoms with Crippen LogP contribution >= 0.6 is 0 Å². The van der Waals surface area contributed by atoms with Crippen LogP contribution < -0.4 is 5.73 Å². The van der Waals surface area contributed by atoms with Gasteiger partial charge in [-0.2, -0.15) is 0 Å². The van der Waals surface area contributed by atoms with Crippen LogP contribution in [0.2, 0.25) is 0 Å². The second-order valence-corrected chi connectivity index (χ2v) is 7.69. The zero-order valence-electron chi connectivity index (χ0n) is 16.3. The molecule has 150 valence electrons. The summed E-state index contributed by atoms with van der Waals surface area (Å²) in [6.45, 7) is 1.16. The van der Waals surface area contributed by atoms with Crippen molar-refractivity contribution in [1.82, 2.24) is 9.80 Å². The molecule has 1 heterocycles. The van der Waals surface area contributed by atoms with Gasteiger partial charge in [0.2, 0.25) is 5.91 Å². The van der Waals surface area contributed by atoms with Gasteiger partial charge < -0.3 is 15.5 Å². The summed E-state index contributed by atoms with van der Waals surface area (Å²) in [7, 11) is 3.87. The summed E-state index contributed by atoms with van der Waals surface area (Å²) >= 11 is 0. The third-order valence-corrected chi connectivity index (χ3v) is 5.24. The fourth-order valence-corrected chi connectivity index (χ4v) is 3.69. The molecule has 1 aliphatic heterocycles. The van der Waals surface area contributed by atoms with Crippen LogP contribution in [0.4, 0.5) is 8.78 Å². The summed E-state index contributed by atoms with van der Waals surface area (Å²) in [6.07, 6.45) is -0.582. The molecule has 2 N–H and O–H groups in total. The Morgan fingerprint density at radius 1 is 1.14 bits per heavy atom. The van der Waals surface area contributed by atoms with E-state index in [-0.39, 0.29) is 24.2 Å². The van der Waals surface area contributed by atoms with Gasteiger partial charge in [-0.1, -0.05) is 36.4 Å². The molecule has 2 aromatic rings. The SMILES string of the molecule is CN(C)C[C@@H](c1ccc(-c2ccc(F)cc2)cc1)[C@H](N)C(=O)N1CC[C@H](F)C1. The average molecular weight is 387 g/mol. The van der Waals surface area contributed by atoms with E-state index in [0.717, 1.165) is 16.7 Å². The Bertz CT molecular complexity index is 792. The van der Waals surface area contributed by atoms with Crippen molar-refractivity contribution in [2.24, 2.45) is 5.73 Å². The Balaban J connectivity index is 1.80. The molecular formula is C22H27F2N3O. The Morgan fingerprint density at radius 3 is 2.21 bits per heavy atom. The summed E-state index contributed by atoms with van der Waals surface area (Å²) < 4.78 is 26.6. The Kier molecular flexibility index (Phi) is 6.42. The van der Waals surface area contributed by atoms with Gasteiger partial charge in [-0.15, -0.1) is 0 Å². The Labute approximate surface area is 164 Å². The maximum atomic E-state index is 13.5. The summed E-state index contributed by atoms with van der Waals surface area (Å²) in [5.74, 6) is -0.675. The molecule has 1 saturated heterocycles. The van der Waals surface area contributed by atoms with Crippen molar-refractivity contribution in [3.8, 4) is 11.1 Å². The smallest absolute Gasteiger partial charge is 0.240 e. The normalized spacial score (nSPS) is 19.1. The first-order chi connectivity index (χ1) is 13.3. The van der Waals surface area contributed by atoms with Gasteiger partial charge in [-0.3, -0.25) is 4.79 Å². The standard InChI is InChI=1S/C22H27F2N3O/c1-26(2)14-20(21(25)22(28)27-12-11-19(24)13-27)17-5-3-15(4-6-17)16-7-9-18(23)10-8-16/h3-10,19-21H,11-14,25H2,1-2H3/t19-,20-,21-/m0/s1. The van der Waals surface area contributed by atoms with Crippen LogP contribution in [0.1, 0.15) is 17.9 Å². The number of halogens is 2. The lowest BCUT2D eigenvalue weighted by Crippen LogP contribution is -2.48. The molecule has 0 unspecified atom stereocenters. The number of alkyl halides is 1. The van der Waals surface area contributed by atoms with E-state index in [1.807, 2.05) is 43.3 Å². The molecule has 0 aromatic heterocycles. The van der Waals surface area contributed by atoms with Crippen LogP contribution in [0.5, 0.6) is 0 Å². The number of likely N-dealkylation sites (tertiary alicyclic amines) is 1. The van der Waals surface area contributed by atoms with E-state index in [1.165, 1.54) is 17.0 Å². The van der Waals surface area contributed by atoms with Gasteiger partial charge in [-0.25, -0.2) is 8.78 Å². The maximum Gasteiger partial charge on any atom is 0.240 e. The van der Waals surface area contributed by atoms with E-state index >= 15 is 0 Å². The molecule has 0 bridgehead atoms. The first kappa shape index (κ1) is 20.4. The topological polar surface area (TPSA) is 49.6 Å². The zero-order chi connectivity index (χ0) is 20.3. The molecule has 1 amide bonds. The number of carbonyl (C=O) groups excluding carboxylic acids is 1. The van der Waals surface area contributed by atoms with Crippen LogP contribution in [0.25, 0.3) is 11.1 Å². The number of benzene rings is 2. The van der Waals surface area contributed by atoms with Crippen molar-refractivity contribution < 1.29 is 13.6 Å². The van der Waals surface area contributed by atoms with Crippen molar-refractivity contribution in [1.29, 1.82) is 0 Å². The van der Waals surface area contributed by atoms with E-state index in [1.54, 1.807) is 12.1 Å². The molecule has 0 aliphatic carbocycles. The number of likely N-dealkylation sites (N-methyl/N-ethyl adjacent to an activating group) is 1. The lowest BCUT2D eigenvalue weighted by molar-refractivity contribution is -0.132. The molecule has 0 saturated carbocycles. The van der Waals surface area contributed by atoms with E-state index < -0.39 is 12.2 Å². The highest BCUT2D eigenvalue weighted by atomic mass is 19.1. The van der Waals surface area contributed by atoms with Crippen molar-refractivity contribution >= 4 is 5.91 Å². The van der Waals surface area contributed by atoms with Gasteiger partial charge in [0.1, 0.15) is 12.0 Å². The Morgan fingerprint density at radius 2 is 1.71 bits per heavy atom. The lowest BCUT2D eigenvalue weighted by atomic mass is 9.89. The summed E-state index contributed by atoms with van der Waals surface area (Å²) in [4.78, 5) is 16.3. The number of amides is 1. The number of hydrogen-bond donors (Lipinski definition) is 1. The molecule has 28 heavy (non-hydrogen) atoms. The van der Waals surface area contributed by atoms with E-state index in [9.17, 15) is 13.6 Å². The monoisotopic (exact) mass is 387 g/mol. The predicted molar refractivity (Wildman–Crippen MR) is 107 cm³/mol. The number of nitrogens with zero attached hydrogens (tertiary/aromatic N) is 2. The van der Waals surface area contributed by atoms with Crippen LogP contribution in [-0.2, 0) is 4.79 Å². The highest BCUT2D eigenvalue weighted by Gasteiger charge is 2.34. The van der Waals surface area contributed by atoms with Gasteiger partial charge in [0.05, 0.1) is 12.6 Å². The van der Waals surface area contributed by atoms with Crippen molar-refractivity contribution in [2.45, 2.75) is 24.6 Å². The van der Waals surface area contributed by atoms with Gasteiger partial charge in [0.15, 0.2) is 0 Å². The van der Waals surface area contributed by atoms with Gasteiger partial charge in [-0.05, 0) is 49.3 Å². The number of rotatable bonds is 6. The van der Waals surface area contributed by atoms with Crippen molar-refractivity contribution in [3.05, 3.63) is 59.9 Å². The lowest BCUT2D eigenvalue weighted by Gasteiger charge is -2.29. The predicted octanol–water partition coefficient (Wildman–Crippen LogP) is 3.04. The van der Waals surface area contributed by atoms with Gasteiger partial charge >= 0.3 is 0 Å². The molecule has 0 radical (unpaired) electrons. The molecule has 1 fully saturated rings. The molecule has 0 spiro atoms. The summed E-state index contributed by atoms with van der Waals surface area (Å²) in [5, 5.41) is 0. The quantitative estimate of drug-likeness (QED) is 0.829. The van der Waals surface area contributed by atoms with Crippen molar-refractivity contribution in [3.63, 3.8) is 0 Å². The zero-order valence-corrected chi connectivity index (χ0v) is 16.3. The fraction of sp³-hybridized carbons (Fsp3) is 0.409. The van der Waals surface area contributed by atoms with Gasteiger partial charge in [0, 0.05) is 19.0 Å². The minimum absolute atomic E-state index is 0.130. The third kappa shape index (κ3) is 4.75. The molecule has 4 nitrogen and oxygen atoms in total. The van der Waals surface area contributed by atoms with Gasteiger partial charge in [0.25, 0.3) is 0 Å². The first-order valence-corrected chi connectivity index (χ1v) is 9.54. The maximum absolute atomic E-state index is 13.5. The molecule has 2 aromatic carbocycles. The molecule has 3 atom stereocenters. The second kappa shape index (κ2) is 8.80. The number of nitrogens with two attached hydrogens (primary N) is 1. The average Bonchev–Trinajstić information content (AvgIpc) is 3.12. The number of carbonyl (C=O) groups is 1. The highest BCUT2D eigenvalue weighted by Crippen LogP contribution is 2.26. The number of hydrogen-bond acceptors (Lipinski definition) is 3. The minimum Gasteiger partial charge on any atom is -0.338 e. The molecule has 1 aliphatic rings. The third-order valence-electron chi connectivity index (χ3n) is 5.24. The van der Waals surface area contributed by atoms with Crippen LogP contribution in [0.15, 0.2) is 48.5 Å². The van der Waals surface area contributed by atoms with Crippen LogP contribution in [0.3, 0.4) is 0 Å². The highest BCUT2D eigenvalue weighted by molar-refractivity contribution is 5.83. The Hall–Kier alpha value is -2.31. The molecule has 3 rings (SSSR count).